The Morgan fingerprint density at radius 1 is 0.900 bits per heavy atom. The second-order valence-electron chi connectivity index (χ2n) is 4.88. The molecule has 0 aliphatic carbocycles. The Kier molecular flexibility index (Phi) is 2.33. The van der Waals surface area contributed by atoms with Gasteiger partial charge in [-0.3, -0.25) is 4.98 Å². The van der Waals surface area contributed by atoms with Gasteiger partial charge in [0, 0.05) is 30.4 Å². The molecule has 0 bridgehead atoms. The maximum absolute atomic E-state index is 4.85. The van der Waals surface area contributed by atoms with Crippen LogP contribution in [0.5, 0.6) is 0 Å². The molecule has 20 heavy (non-hydrogen) atoms. The minimum atomic E-state index is 0.971. The molecular weight excluding hydrogens is 246 g/mol. The molecule has 0 amide bonds. The molecule has 0 unspecified atom stereocenters. The van der Waals surface area contributed by atoms with Crippen LogP contribution in [0.2, 0.25) is 0 Å². The van der Waals surface area contributed by atoms with Gasteiger partial charge in [0.25, 0.3) is 0 Å². The van der Waals surface area contributed by atoms with Crippen LogP contribution in [0, 0.1) is 0 Å². The van der Waals surface area contributed by atoms with Crippen LogP contribution in [-0.4, -0.2) is 14.5 Å². The molecule has 2 aromatic carbocycles. The number of aromatic nitrogens is 3. The molecule has 0 aliphatic heterocycles. The summed E-state index contributed by atoms with van der Waals surface area (Å²) in [7, 11) is 2.06. The first-order chi connectivity index (χ1) is 9.84. The molecule has 0 fully saturated rings. The third-order valence-electron chi connectivity index (χ3n) is 3.71. The largest absolute Gasteiger partial charge is 0.327 e. The number of imidazole rings is 1. The van der Waals surface area contributed by atoms with E-state index in [1.807, 2.05) is 12.1 Å². The zero-order valence-corrected chi connectivity index (χ0v) is 11.1. The van der Waals surface area contributed by atoms with Gasteiger partial charge in [-0.05, 0) is 23.6 Å². The van der Waals surface area contributed by atoms with Crippen molar-refractivity contribution in [3.8, 4) is 11.4 Å². The summed E-state index contributed by atoms with van der Waals surface area (Å²) in [5.74, 6) is 0.971. The average Bonchev–Trinajstić information content (AvgIpc) is 2.86. The van der Waals surface area contributed by atoms with E-state index in [1.54, 1.807) is 12.4 Å². The van der Waals surface area contributed by atoms with E-state index in [0.717, 1.165) is 22.4 Å². The molecule has 0 radical (unpaired) electrons. The van der Waals surface area contributed by atoms with Crippen molar-refractivity contribution >= 4 is 21.8 Å². The van der Waals surface area contributed by atoms with Gasteiger partial charge >= 0.3 is 0 Å². The second-order valence-corrected chi connectivity index (χ2v) is 4.88. The van der Waals surface area contributed by atoms with Crippen LogP contribution in [-0.2, 0) is 7.05 Å². The van der Waals surface area contributed by atoms with Crippen molar-refractivity contribution in [3.63, 3.8) is 0 Å². The Labute approximate surface area is 116 Å². The summed E-state index contributed by atoms with van der Waals surface area (Å²) >= 11 is 0. The molecule has 3 nitrogen and oxygen atoms in total. The van der Waals surface area contributed by atoms with Crippen LogP contribution in [0.25, 0.3) is 33.2 Å². The first-order valence-electron chi connectivity index (χ1n) is 6.59. The highest BCUT2D eigenvalue weighted by Crippen LogP contribution is 2.28. The van der Waals surface area contributed by atoms with Gasteiger partial charge in [0.2, 0.25) is 0 Å². The molecule has 0 spiro atoms. The highest BCUT2D eigenvalue weighted by atomic mass is 15.1. The predicted octanol–water partition coefficient (Wildman–Crippen LogP) is 3.79. The first kappa shape index (κ1) is 11.2. The Balaban J connectivity index is 2.10. The van der Waals surface area contributed by atoms with Gasteiger partial charge in [-0.1, -0.05) is 30.3 Å². The molecule has 96 valence electrons. The van der Waals surface area contributed by atoms with Crippen LogP contribution in [0.4, 0.5) is 0 Å². The van der Waals surface area contributed by atoms with Gasteiger partial charge in [-0.25, -0.2) is 4.98 Å². The molecule has 0 saturated heterocycles. The number of nitrogens with zero attached hydrogens (tertiary/aromatic N) is 3. The summed E-state index contributed by atoms with van der Waals surface area (Å²) in [6, 6.07) is 16.6. The highest BCUT2D eigenvalue weighted by Gasteiger charge is 2.11. The van der Waals surface area contributed by atoms with Gasteiger partial charge in [0.05, 0.1) is 11.0 Å². The zero-order valence-electron chi connectivity index (χ0n) is 11.1. The third kappa shape index (κ3) is 1.53. The lowest BCUT2D eigenvalue weighted by Crippen LogP contribution is -1.92. The number of fused-ring (bicyclic) bond motifs is 3. The molecular formula is C17H13N3. The van der Waals surface area contributed by atoms with E-state index < -0.39 is 0 Å². The smallest absolute Gasteiger partial charge is 0.140 e. The summed E-state index contributed by atoms with van der Waals surface area (Å²) in [5.41, 5.74) is 3.29. The second kappa shape index (κ2) is 4.17. The van der Waals surface area contributed by atoms with Crippen molar-refractivity contribution in [2.24, 2.45) is 7.05 Å². The fourth-order valence-corrected chi connectivity index (χ4v) is 2.69. The molecule has 2 aromatic heterocycles. The van der Waals surface area contributed by atoms with E-state index in [4.69, 9.17) is 4.98 Å². The monoisotopic (exact) mass is 259 g/mol. The number of hydrogen-bond donors (Lipinski definition) is 0. The van der Waals surface area contributed by atoms with E-state index in [0.29, 0.717) is 0 Å². The van der Waals surface area contributed by atoms with Crippen molar-refractivity contribution in [2.45, 2.75) is 0 Å². The van der Waals surface area contributed by atoms with Crippen LogP contribution < -0.4 is 0 Å². The molecule has 0 saturated carbocycles. The van der Waals surface area contributed by atoms with E-state index in [1.165, 1.54) is 10.8 Å². The topological polar surface area (TPSA) is 30.7 Å². The molecule has 0 aliphatic rings. The van der Waals surface area contributed by atoms with Crippen LogP contribution >= 0.6 is 0 Å². The lowest BCUT2D eigenvalue weighted by molar-refractivity contribution is 0.958. The van der Waals surface area contributed by atoms with Gasteiger partial charge in [-0.15, -0.1) is 0 Å². The summed E-state index contributed by atoms with van der Waals surface area (Å²) in [4.78, 5) is 8.91. The van der Waals surface area contributed by atoms with Crippen molar-refractivity contribution in [1.82, 2.24) is 14.5 Å². The Bertz CT molecular complexity index is 907. The van der Waals surface area contributed by atoms with Gasteiger partial charge in [0.1, 0.15) is 5.82 Å². The summed E-state index contributed by atoms with van der Waals surface area (Å²) in [6.07, 6.45) is 3.60. The van der Waals surface area contributed by atoms with Gasteiger partial charge < -0.3 is 4.57 Å². The van der Waals surface area contributed by atoms with Crippen LogP contribution in [0.15, 0.2) is 60.9 Å². The maximum atomic E-state index is 4.85. The number of benzene rings is 2. The molecule has 2 heterocycles. The van der Waals surface area contributed by atoms with Crippen molar-refractivity contribution < 1.29 is 0 Å². The normalized spacial score (nSPS) is 11.2. The fourth-order valence-electron chi connectivity index (χ4n) is 2.69. The molecule has 3 heteroatoms. The van der Waals surface area contributed by atoms with Gasteiger partial charge in [0.15, 0.2) is 0 Å². The van der Waals surface area contributed by atoms with Gasteiger partial charge in [-0.2, -0.15) is 0 Å². The van der Waals surface area contributed by atoms with E-state index in [2.05, 4.69) is 53.0 Å². The van der Waals surface area contributed by atoms with Crippen molar-refractivity contribution in [1.29, 1.82) is 0 Å². The maximum Gasteiger partial charge on any atom is 0.140 e. The van der Waals surface area contributed by atoms with Crippen molar-refractivity contribution in [3.05, 3.63) is 60.9 Å². The third-order valence-corrected chi connectivity index (χ3v) is 3.71. The lowest BCUT2D eigenvalue weighted by Gasteiger charge is -2.01. The lowest BCUT2D eigenvalue weighted by atomic mass is 10.1. The molecule has 0 atom stereocenters. The molecule has 4 aromatic rings. The summed E-state index contributed by atoms with van der Waals surface area (Å²) in [6.45, 7) is 0. The number of rotatable bonds is 1. The Morgan fingerprint density at radius 2 is 1.70 bits per heavy atom. The summed E-state index contributed by atoms with van der Waals surface area (Å²) in [5, 5.41) is 2.42. The number of hydrogen-bond acceptors (Lipinski definition) is 2. The standard InChI is InChI=1S/C17H13N3/c1-20-15-7-6-12-4-2-3-5-14(12)16(15)19-17(20)13-8-10-18-11-9-13/h2-11H,1H3. The van der Waals surface area contributed by atoms with Crippen molar-refractivity contribution in [2.75, 3.05) is 0 Å². The zero-order chi connectivity index (χ0) is 13.5. The SMILES string of the molecule is Cn1c(-c2ccncc2)nc2c3ccccc3ccc21. The molecule has 4 rings (SSSR count). The van der Waals surface area contributed by atoms with E-state index in [9.17, 15) is 0 Å². The fraction of sp³-hybridized carbons (Fsp3) is 0.0588. The number of aryl methyl sites for hydroxylation is 1. The van der Waals surface area contributed by atoms with Crippen LogP contribution in [0.1, 0.15) is 0 Å². The molecule has 0 N–H and O–H groups in total. The van der Waals surface area contributed by atoms with E-state index >= 15 is 0 Å². The van der Waals surface area contributed by atoms with E-state index in [-0.39, 0.29) is 0 Å². The Morgan fingerprint density at radius 3 is 2.55 bits per heavy atom. The number of pyridine rings is 1. The average molecular weight is 259 g/mol. The summed E-state index contributed by atoms with van der Waals surface area (Å²) < 4.78 is 2.14. The minimum absolute atomic E-state index is 0.971. The quantitative estimate of drug-likeness (QED) is 0.520. The Hall–Kier alpha value is -2.68. The van der Waals surface area contributed by atoms with Crippen LogP contribution in [0.3, 0.4) is 0 Å². The first-order valence-corrected chi connectivity index (χ1v) is 6.59. The highest BCUT2D eigenvalue weighted by molar-refractivity contribution is 6.05. The minimum Gasteiger partial charge on any atom is -0.327 e. The predicted molar refractivity (Wildman–Crippen MR) is 81.5 cm³/mol.